The van der Waals surface area contributed by atoms with Crippen LogP contribution in [0.4, 0.5) is 0 Å². The Bertz CT molecular complexity index is 1100. The molecule has 3 aromatic heterocycles. The van der Waals surface area contributed by atoms with Gasteiger partial charge in [-0.25, -0.2) is 9.97 Å². The van der Waals surface area contributed by atoms with Crippen molar-refractivity contribution in [3.05, 3.63) is 53.2 Å². The third kappa shape index (κ3) is 2.20. The predicted octanol–water partition coefficient (Wildman–Crippen LogP) is 2.11. The van der Waals surface area contributed by atoms with Crippen molar-refractivity contribution < 1.29 is 4.74 Å². The summed E-state index contributed by atoms with van der Waals surface area (Å²) in [6.07, 6.45) is 3.38. The van der Waals surface area contributed by atoms with E-state index >= 15 is 0 Å². The van der Waals surface area contributed by atoms with E-state index in [9.17, 15) is 4.79 Å². The van der Waals surface area contributed by atoms with Gasteiger partial charge in [-0.2, -0.15) is 0 Å². The minimum absolute atomic E-state index is 0.0739. The van der Waals surface area contributed by atoms with Gasteiger partial charge in [-0.05, 0) is 30.3 Å². The summed E-state index contributed by atoms with van der Waals surface area (Å²) in [4.78, 5) is 22.8. The van der Waals surface area contributed by atoms with Crippen molar-refractivity contribution in [2.45, 2.75) is 6.82 Å². The molecule has 0 amide bonds. The highest BCUT2D eigenvalue weighted by Gasteiger charge is 2.15. The molecule has 0 atom stereocenters. The van der Waals surface area contributed by atoms with Gasteiger partial charge in [0, 0.05) is 11.6 Å². The Morgan fingerprint density at radius 1 is 1.17 bits per heavy atom. The van der Waals surface area contributed by atoms with E-state index in [1.807, 2.05) is 30.3 Å². The summed E-state index contributed by atoms with van der Waals surface area (Å²) in [6, 6.07) is 9.33. The van der Waals surface area contributed by atoms with Crippen LogP contribution < -0.4 is 15.8 Å². The molecule has 1 aromatic carbocycles. The molecule has 118 valence electrons. The highest BCUT2D eigenvalue weighted by atomic mass is 32.1. The summed E-state index contributed by atoms with van der Waals surface area (Å²) in [6.45, 7) is 2.09. The Balaban J connectivity index is 1.98. The summed E-state index contributed by atoms with van der Waals surface area (Å²) >= 11 is 1.40. The maximum Gasteiger partial charge on any atom is 0.275 e. The highest BCUT2D eigenvalue weighted by Crippen LogP contribution is 2.27. The fraction of sp³-hybridized carbons (Fsp3) is 0.118. The number of ether oxygens (including phenoxy) is 1. The number of fused-ring (bicyclic) bond motifs is 3. The van der Waals surface area contributed by atoms with Gasteiger partial charge in [0.15, 0.2) is 7.28 Å². The SMILES string of the molecule is CBc1ccnc2sc3c(=O)n(-c4ccc(OC)cc4)cnc3c12. The average Bonchev–Trinajstić information content (AvgIpc) is 3.02. The van der Waals surface area contributed by atoms with Crippen LogP contribution in [-0.4, -0.2) is 28.9 Å². The first-order valence-corrected chi connectivity index (χ1v) is 8.46. The molecule has 7 heteroatoms. The monoisotopic (exact) mass is 335 g/mol. The first-order chi connectivity index (χ1) is 11.7. The van der Waals surface area contributed by atoms with Crippen molar-refractivity contribution in [2.24, 2.45) is 0 Å². The first-order valence-electron chi connectivity index (χ1n) is 7.65. The van der Waals surface area contributed by atoms with Crippen molar-refractivity contribution in [2.75, 3.05) is 7.11 Å². The van der Waals surface area contributed by atoms with Crippen LogP contribution in [0, 0.1) is 0 Å². The summed E-state index contributed by atoms with van der Waals surface area (Å²) in [5.74, 6) is 0.750. The summed E-state index contributed by atoms with van der Waals surface area (Å²) < 4.78 is 7.36. The van der Waals surface area contributed by atoms with Crippen molar-refractivity contribution >= 4 is 44.5 Å². The molecule has 24 heavy (non-hydrogen) atoms. The normalized spacial score (nSPS) is 11.1. The number of rotatable bonds is 3. The van der Waals surface area contributed by atoms with Crippen LogP contribution in [0.1, 0.15) is 0 Å². The highest BCUT2D eigenvalue weighted by molar-refractivity contribution is 7.25. The standard InChI is InChI=1S/C17H14BN3O2S/c1-18-12-7-8-19-16-13(12)14-15(24-16)17(22)21(9-20-14)10-3-5-11(23-2)6-4-10/h3-9,18H,1-2H3. The zero-order valence-electron chi connectivity index (χ0n) is 13.3. The van der Waals surface area contributed by atoms with E-state index < -0.39 is 0 Å². The molecular weight excluding hydrogens is 321 g/mol. The molecule has 0 saturated heterocycles. The van der Waals surface area contributed by atoms with Gasteiger partial charge in [-0.3, -0.25) is 9.36 Å². The molecule has 0 aliphatic carbocycles. The largest absolute Gasteiger partial charge is 0.497 e. The van der Waals surface area contributed by atoms with Crippen LogP contribution in [-0.2, 0) is 0 Å². The van der Waals surface area contributed by atoms with E-state index in [0.717, 1.165) is 34.4 Å². The van der Waals surface area contributed by atoms with Crippen molar-refractivity contribution in [1.82, 2.24) is 14.5 Å². The molecule has 3 heterocycles. The molecule has 0 N–H and O–H groups in total. The van der Waals surface area contributed by atoms with Gasteiger partial charge in [0.1, 0.15) is 21.6 Å². The number of thiophene rings is 1. The lowest BCUT2D eigenvalue weighted by molar-refractivity contribution is 0.414. The quantitative estimate of drug-likeness (QED) is 0.538. The first kappa shape index (κ1) is 14.9. The van der Waals surface area contributed by atoms with Crippen LogP contribution in [0.3, 0.4) is 0 Å². The number of hydrogen-bond donors (Lipinski definition) is 0. The Morgan fingerprint density at radius 2 is 1.96 bits per heavy atom. The molecule has 5 nitrogen and oxygen atoms in total. The fourth-order valence-corrected chi connectivity index (χ4v) is 3.91. The zero-order valence-corrected chi connectivity index (χ0v) is 14.1. The van der Waals surface area contributed by atoms with Gasteiger partial charge >= 0.3 is 0 Å². The molecule has 0 aliphatic rings. The van der Waals surface area contributed by atoms with Gasteiger partial charge in [0.25, 0.3) is 5.56 Å². The second-order valence-electron chi connectivity index (χ2n) is 5.40. The molecular formula is C17H14BN3O2S. The number of benzene rings is 1. The molecule has 0 aliphatic heterocycles. The topological polar surface area (TPSA) is 57.0 Å². The third-order valence-corrected chi connectivity index (χ3v) is 5.17. The molecule has 4 rings (SSSR count). The summed E-state index contributed by atoms with van der Waals surface area (Å²) in [7, 11) is 2.50. The van der Waals surface area contributed by atoms with Gasteiger partial charge in [0.05, 0.1) is 18.3 Å². The van der Waals surface area contributed by atoms with Crippen LogP contribution >= 0.6 is 11.3 Å². The molecule has 0 fully saturated rings. The van der Waals surface area contributed by atoms with Gasteiger partial charge in [0.2, 0.25) is 0 Å². The number of hydrogen-bond acceptors (Lipinski definition) is 5. The van der Waals surface area contributed by atoms with Crippen molar-refractivity contribution in [3.8, 4) is 11.4 Å². The van der Waals surface area contributed by atoms with Gasteiger partial charge in [-0.1, -0.05) is 12.3 Å². The smallest absolute Gasteiger partial charge is 0.275 e. The lowest BCUT2D eigenvalue weighted by atomic mass is 9.72. The van der Waals surface area contributed by atoms with Crippen LogP contribution in [0.25, 0.3) is 26.1 Å². The number of aromatic nitrogens is 3. The molecule has 4 aromatic rings. The lowest BCUT2D eigenvalue weighted by Gasteiger charge is -2.06. The zero-order chi connectivity index (χ0) is 16.7. The minimum Gasteiger partial charge on any atom is -0.497 e. The Kier molecular flexibility index (Phi) is 3.57. The predicted molar refractivity (Wildman–Crippen MR) is 99.7 cm³/mol. The number of pyridine rings is 1. The third-order valence-electron chi connectivity index (χ3n) is 4.10. The lowest BCUT2D eigenvalue weighted by Crippen LogP contribution is -2.18. The molecule has 0 unspecified atom stereocenters. The second kappa shape index (κ2) is 5.76. The van der Waals surface area contributed by atoms with Gasteiger partial charge in [-0.15, -0.1) is 11.3 Å². The Labute approximate surface area is 142 Å². The van der Waals surface area contributed by atoms with Crippen molar-refractivity contribution in [3.63, 3.8) is 0 Å². The van der Waals surface area contributed by atoms with E-state index in [4.69, 9.17) is 4.74 Å². The van der Waals surface area contributed by atoms with Crippen molar-refractivity contribution in [1.29, 1.82) is 0 Å². The average molecular weight is 335 g/mol. The van der Waals surface area contributed by atoms with E-state index in [2.05, 4.69) is 16.8 Å². The van der Waals surface area contributed by atoms with Crippen LogP contribution in [0.2, 0.25) is 6.82 Å². The molecule has 0 saturated carbocycles. The maximum absolute atomic E-state index is 12.9. The van der Waals surface area contributed by atoms with Crippen LogP contribution in [0.5, 0.6) is 5.75 Å². The Morgan fingerprint density at radius 3 is 2.67 bits per heavy atom. The fourth-order valence-electron chi connectivity index (χ4n) is 2.84. The van der Waals surface area contributed by atoms with E-state index in [0.29, 0.717) is 4.70 Å². The van der Waals surface area contributed by atoms with Gasteiger partial charge < -0.3 is 4.74 Å². The number of nitrogens with zero attached hydrogens (tertiary/aromatic N) is 3. The number of methoxy groups -OCH3 is 1. The minimum atomic E-state index is -0.0739. The molecule has 0 bridgehead atoms. The maximum atomic E-state index is 12.9. The molecule has 0 spiro atoms. The van der Waals surface area contributed by atoms with Crippen LogP contribution in [0.15, 0.2) is 47.7 Å². The summed E-state index contributed by atoms with van der Waals surface area (Å²) in [5, 5.41) is 0.999. The van der Waals surface area contributed by atoms with E-state index in [-0.39, 0.29) is 5.56 Å². The van der Waals surface area contributed by atoms with E-state index in [1.54, 1.807) is 24.2 Å². The Hall–Kier alpha value is -2.67. The molecule has 0 radical (unpaired) electrons. The van der Waals surface area contributed by atoms with E-state index in [1.165, 1.54) is 16.8 Å². The second-order valence-corrected chi connectivity index (χ2v) is 6.40. The summed E-state index contributed by atoms with van der Waals surface area (Å²) in [5.41, 5.74) is 2.60.